The summed E-state index contributed by atoms with van der Waals surface area (Å²) in [6, 6.07) is 13.1. The van der Waals surface area contributed by atoms with Gasteiger partial charge >= 0.3 is 0 Å². The van der Waals surface area contributed by atoms with Gasteiger partial charge in [-0.25, -0.2) is 0 Å². The highest BCUT2D eigenvalue weighted by Crippen LogP contribution is 2.47. The maximum Gasteiger partial charge on any atom is 0.240 e. The fourth-order valence-corrected chi connectivity index (χ4v) is 4.70. The van der Waals surface area contributed by atoms with Crippen LogP contribution in [0.4, 0.5) is 0 Å². The van der Waals surface area contributed by atoms with Crippen LogP contribution in [0.1, 0.15) is 24.1 Å². The topological polar surface area (TPSA) is 124 Å². The lowest BCUT2D eigenvalue weighted by Gasteiger charge is -2.29. The van der Waals surface area contributed by atoms with Crippen molar-refractivity contribution in [3.63, 3.8) is 0 Å². The van der Waals surface area contributed by atoms with Crippen LogP contribution in [0.3, 0.4) is 0 Å². The molecule has 0 aliphatic carbocycles. The molecule has 2 aromatic rings. The van der Waals surface area contributed by atoms with Gasteiger partial charge in [-0.1, -0.05) is 36.4 Å². The number of hydrogen-bond donors (Lipinski definition) is 2. The molecular formula is C22H22N2O6. The zero-order valence-electron chi connectivity index (χ0n) is 16.6. The number of nitrogens with zero attached hydrogens (tertiary/aromatic N) is 1. The Hall–Kier alpha value is -3.39. The summed E-state index contributed by atoms with van der Waals surface area (Å²) < 4.78 is 5.15. The monoisotopic (exact) mass is 410 g/mol. The number of carboxylic acid groups (broad SMARTS) is 1. The number of amides is 2. The zero-order chi connectivity index (χ0) is 21.6. The first-order valence-corrected chi connectivity index (χ1v) is 9.62. The molecule has 2 heterocycles. The Balaban J connectivity index is 1.78. The van der Waals surface area contributed by atoms with E-state index in [0.717, 1.165) is 10.5 Å². The quantitative estimate of drug-likeness (QED) is 0.630. The largest absolute Gasteiger partial charge is 0.544 e. The molecule has 2 amide bonds. The molecule has 2 aromatic carbocycles. The van der Waals surface area contributed by atoms with E-state index in [4.69, 9.17) is 4.74 Å². The van der Waals surface area contributed by atoms with E-state index in [2.05, 4.69) is 0 Å². The van der Waals surface area contributed by atoms with Gasteiger partial charge in [-0.2, -0.15) is 0 Å². The molecule has 156 valence electrons. The lowest BCUT2D eigenvalue weighted by atomic mass is 9.80. The second kappa shape index (κ2) is 7.14. The Labute approximate surface area is 173 Å². The first-order chi connectivity index (χ1) is 14.3. The molecule has 2 fully saturated rings. The Morgan fingerprint density at radius 1 is 1.17 bits per heavy atom. The van der Waals surface area contributed by atoms with E-state index in [9.17, 15) is 24.6 Å². The van der Waals surface area contributed by atoms with Crippen LogP contribution in [0, 0.1) is 11.8 Å². The van der Waals surface area contributed by atoms with Gasteiger partial charge in [0.05, 0.1) is 19.2 Å². The molecule has 3 N–H and O–H groups in total. The highest BCUT2D eigenvalue weighted by molar-refractivity contribution is 6.08. The Bertz CT molecular complexity index is 1020. The number of fused-ring (bicyclic) bond motifs is 1. The van der Waals surface area contributed by atoms with Gasteiger partial charge in [0.2, 0.25) is 11.8 Å². The predicted octanol–water partition coefficient (Wildman–Crippen LogP) is -0.671. The number of likely N-dealkylation sites (tertiary alicyclic amines) is 1. The number of carbonyl (C=O) groups excluding carboxylic acids is 3. The van der Waals surface area contributed by atoms with Crippen molar-refractivity contribution in [2.75, 3.05) is 7.11 Å². The lowest BCUT2D eigenvalue weighted by Crippen LogP contribution is -2.98. The number of quaternary nitrogens is 1. The molecule has 0 unspecified atom stereocenters. The highest BCUT2D eigenvalue weighted by atomic mass is 16.5. The Morgan fingerprint density at radius 2 is 1.87 bits per heavy atom. The lowest BCUT2D eigenvalue weighted by molar-refractivity contribution is -0.735. The summed E-state index contributed by atoms with van der Waals surface area (Å²) in [4.78, 5) is 39.7. The third-order valence-corrected chi connectivity index (χ3v) is 6.23. The zero-order valence-corrected chi connectivity index (χ0v) is 16.6. The number of ether oxygens (including phenoxy) is 1. The van der Waals surface area contributed by atoms with Crippen LogP contribution < -0.4 is 15.2 Å². The number of phenols is 1. The predicted molar refractivity (Wildman–Crippen MR) is 102 cm³/mol. The number of hydrogen-bond acceptors (Lipinski definition) is 6. The average molecular weight is 410 g/mol. The SMILES string of the molecule is COc1cccc([C@@H]2[NH2+][C@@](C)(C(=O)[O-])[C@@H]3C(=O)N(Cc4ccccc4)C(=O)[C@@H]32)c1O. The Kier molecular flexibility index (Phi) is 4.74. The summed E-state index contributed by atoms with van der Waals surface area (Å²) in [7, 11) is 1.40. The third-order valence-electron chi connectivity index (χ3n) is 6.23. The van der Waals surface area contributed by atoms with Crippen molar-refractivity contribution in [3.05, 3.63) is 59.7 Å². The smallest absolute Gasteiger partial charge is 0.240 e. The third kappa shape index (κ3) is 2.83. The van der Waals surface area contributed by atoms with Gasteiger partial charge in [-0.05, 0) is 24.6 Å². The summed E-state index contributed by atoms with van der Waals surface area (Å²) >= 11 is 0. The van der Waals surface area contributed by atoms with E-state index >= 15 is 0 Å². The molecule has 0 bridgehead atoms. The number of aliphatic carboxylic acids is 1. The van der Waals surface area contributed by atoms with Crippen LogP contribution in [0.15, 0.2) is 48.5 Å². The van der Waals surface area contributed by atoms with E-state index in [1.165, 1.54) is 19.4 Å². The number of imide groups is 1. The summed E-state index contributed by atoms with van der Waals surface area (Å²) in [5.74, 6) is -4.44. The van der Waals surface area contributed by atoms with Crippen LogP contribution in [0.25, 0.3) is 0 Å². The van der Waals surface area contributed by atoms with Crippen molar-refractivity contribution in [1.29, 1.82) is 0 Å². The normalized spacial score (nSPS) is 27.9. The minimum absolute atomic E-state index is 0.0610. The van der Waals surface area contributed by atoms with Gasteiger partial charge in [0.15, 0.2) is 11.5 Å². The Morgan fingerprint density at radius 3 is 2.50 bits per heavy atom. The number of phenolic OH excluding ortho intramolecular Hbond substituents is 1. The second-order valence-corrected chi connectivity index (χ2v) is 7.91. The van der Waals surface area contributed by atoms with Crippen LogP contribution in [0.5, 0.6) is 11.5 Å². The van der Waals surface area contributed by atoms with E-state index in [1.54, 1.807) is 42.5 Å². The van der Waals surface area contributed by atoms with Gasteiger partial charge in [-0.3, -0.25) is 14.5 Å². The van der Waals surface area contributed by atoms with Gasteiger partial charge < -0.3 is 25.1 Å². The molecule has 2 saturated heterocycles. The fourth-order valence-electron chi connectivity index (χ4n) is 4.70. The van der Waals surface area contributed by atoms with E-state index in [0.29, 0.717) is 5.56 Å². The summed E-state index contributed by atoms with van der Waals surface area (Å²) in [6.45, 7) is 1.46. The van der Waals surface area contributed by atoms with Gasteiger partial charge in [0.25, 0.3) is 0 Å². The number of carbonyl (C=O) groups is 3. The maximum atomic E-state index is 13.3. The van der Waals surface area contributed by atoms with Crippen LogP contribution >= 0.6 is 0 Å². The summed E-state index contributed by atoms with van der Waals surface area (Å²) in [5.41, 5.74) is -0.542. The number of carboxylic acids is 1. The van der Waals surface area contributed by atoms with E-state index in [-0.39, 0.29) is 18.0 Å². The second-order valence-electron chi connectivity index (χ2n) is 7.91. The molecule has 0 aromatic heterocycles. The van der Waals surface area contributed by atoms with Crippen molar-refractivity contribution >= 4 is 17.8 Å². The fraction of sp³-hybridized carbons (Fsp3) is 0.318. The number of benzene rings is 2. The molecule has 0 saturated carbocycles. The number of methoxy groups -OCH3 is 1. The molecule has 4 atom stereocenters. The minimum Gasteiger partial charge on any atom is -0.544 e. The molecule has 2 aliphatic heterocycles. The van der Waals surface area contributed by atoms with Gasteiger partial charge in [-0.15, -0.1) is 0 Å². The van der Waals surface area contributed by atoms with Crippen LogP contribution in [-0.4, -0.2) is 40.4 Å². The summed E-state index contributed by atoms with van der Waals surface area (Å²) in [6.07, 6.45) is 0. The van der Waals surface area contributed by atoms with Crippen molar-refractivity contribution in [2.45, 2.75) is 25.0 Å². The van der Waals surface area contributed by atoms with E-state index in [1.807, 2.05) is 6.07 Å². The molecule has 30 heavy (non-hydrogen) atoms. The molecule has 0 radical (unpaired) electrons. The van der Waals surface area contributed by atoms with Crippen LogP contribution in [-0.2, 0) is 20.9 Å². The van der Waals surface area contributed by atoms with Crippen molar-refractivity contribution < 1.29 is 34.7 Å². The van der Waals surface area contributed by atoms with Crippen molar-refractivity contribution in [2.24, 2.45) is 11.8 Å². The highest BCUT2D eigenvalue weighted by Gasteiger charge is 2.68. The van der Waals surface area contributed by atoms with Crippen molar-refractivity contribution in [3.8, 4) is 11.5 Å². The molecule has 4 rings (SSSR count). The molecule has 8 nitrogen and oxygen atoms in total. The van der Waals surface area contributed by atoms with E-state index < -0.39 is 41.2 Å². The van der Waals surface area contributed by atoms with Crippen LogP contribution in [0.2, 0.25) is 0 Å². The van der Waals surface area contributed by atoms with Gasteiger partial charge in [0.1, 0.15) is 29.4 Å². The molecule has 0 spiro atoms. The number of nitrogens with two attached hydrogens (primary N) is 1. The number of para-hydroxylation sites is 1. The summed E-state index contributed by atoms with van der Waals surface area (Å²) in [5, 5.41) is 24.1. The first-order valence-electron chi connectivity index (χ1n) is 9.62. The molecular weight excluding hydrogens is 388 g/mol. The maximum absolute atomic E-state index is 13.3. The standard InChI is InChI=1S/C22H22N2O6/c1-22(21(28)29)16-15(17(23-22)13-9-6-10-14(30-2)18(13)25)19(26)24(20(16)27)11-12-7-4-3-5-8-12/h3-10,15-17,23,25H,11H2,1-2H3,(H,28,29)/t15-,16-,17-,22+/m0/s1. The first kappa shape index (κ1) is 19.9. The minimum atomic E-state index is -1.65. The molecule has 8 heteroatoms. The number of aromatic hydroxyl groups is 1. The van der Waals surface area contributed by atoms with Crippen molar-refractivity contribution in [1.82, 2.24) is 4.90 Å². The number of rotatable bonds is 5. The average Bonchev–Trinajstić information content (AvgIpc) is 3.18. The molecule has 2 aliphatic rings. The van der Waals surface area contributed by atoms with Gasteiger partial charge in [0, 0.05) is 0 Å².